The van der Waals surface area contributed by atoms with Crippen LogP contribution in [0.2, 0.25) is 0 Å². The van der Waals surface area contributed by atoms with E-state index < -0.39 is 0 Å². The zero-order chi connectivity index (χ0) is 16.0. The molecule has 0 bridgehead atoms. The van der Waals surface area contributed by atoms with E-state index in [0.29, 0.717) is 4.47 Å². The summed E-state index contributed by atoms with van der Waals surface area (Å²) in [6.45, 7) is 0. The van der Waals surface area contributed by atoms with Crippen LogP contribution in [0, 0.1) is 10.1 Å². The van der Waals surface area contributed by atoms with Gasteiger partial charge in [0.25, 0.3) is 5.69 Å². The molecule has 0 fully saturated rings. The molecule has 112 valence electrons. The number of nitrogens with zero attached hydrogens (tertiary/aromatic N) is 2. The highest BCUT2D eigenvalue weighted by atomic mass is 79.9. The molecule has 0 radical (unpaired) electrons. The molecular formula is C18H11BrN2O2. The fraction of sp³-hybridized carbons (Fsp3) is 0. The highest BCUT2D eigenvalue weighted by Gasteiger charge is 2.19. The first kappa shape index (κ1) is 14.0. The van der Waals surface area contributed by atoms with Gasteiger partial charge in [-0.1, -0.05) is 36.4 Å². The normalized spacial score (nSPS) is 11.2. The monoisotopic (exact) mass is 366 g/mol. The number of rotatable bonds is 2. The van der Waals surface area contributed by atoms with Gasteiger partial charge in [0.2, 0.25) is 0 Å². The largest absolute Gasteiger partial charge is 0.309 e. The molecular weight excluding hydrogens is 356 g/mol. The van der Waals surface area contributed by atoms with E-state index in [1.807, 2.05) is 60.7 Å². The summed E-state index contributed by atoms with van der Waals surface area (Å²) in [5.74, 6) is 0. The van der Waals surface area contributed by atoms with Crippen molar-refractivity contribution in [3.63, 3.8) is 0 Å². The Hall–Kier alpha value is -2.66. The maximum Gasteiger partial charge on any atom is 0.284 e. The van der Waals surface area contributed by atoms with E-state index in [1.165, 1.54) is 0 Å². The molecule has 4 nitrogen and oxygen atoms in total. The highest BCUT2D eigenvalue weighted by molar-refractivity contribution is 9.10. The summed E-state index contributed by atoms with van der Waals surface area (Å²) in [4.78, 5) is 10.9. The van der Waals surface area contributed by atoms with Gasteiger partial charge in [-0.05, 0) is 40.2 Å². The quantitative estimate of drug-likeness (QED) is 0.349. The fourth-order valence-corrected chi connectivity index (χ4v) is 3.45. The van der Waals surface area contributed by atoms with Crippen molar-refractivity contribution < 1.29 is 4.92 Å². The van der Waals surface area contributed by atoms with E-state index in [0.717, 1.165) is 27.5 Å². The zero-order valence-corrected chi connectivity index (χ0v) is 13.5. The van der Waals surface area contributed by atoms with E-state index in [9.17, 15) is 10.1 Å². The van der Waals surface area contributed by atoms with Gasteiger partial charge >= 0.3 is 0 Å². The molecule has 0 N–H and O–H groups in total. The average molecular weight is 367 g/mol. The SMILES string of the molecule is O=[N+]([O-])c1cc2c3ccccc3n(-c3ccccc3)c2cc1Br. The van der Waals surface area contributed by atoms with Crippen LogP contribution in [0.4, 0.5) is 5.69 Å². The van der Waals surface area contributed by atoms with Crippen molar-refractivity contribution in [2.75, 3.05) is 0 Å². The summed E-state index contributed by atoms with van der Waals surface area (Å²) in [6.07, 6.45) is 0. The molecule has 0 spiro atoms. The van der Waals surface area contributed by atoms with Gasteiger partial charge < -0.3 is 4.57 Å². The summed E-state index contributed by atoms with van der Waals surface area (Å²) in [7, 11) is 0. The van der Waals surface area contributed by atoms with Crippen molar-refractivity contribution in [2.24, 2.45) is 0 Å². The van der Waals surface area contributed by atoms with Gasteiger partial charge in [-0.2, -0.15) is 0 Å². The standard InChI is InChI=1S/C18H11BrN2O2/c19-15-11-17-14(10-18(15)21(22)23)13-8-4-5-9-16(13)20(17)12-6-2-1-3-7-12/h1-11H. The Morgan fingerprint density at radius 1 is 0.870 bits per heavy atom. The Kier molecular flexibility index (Phi) is 3.16. The van der Waals surface area contributed by atoms with Crippen LogP contribution in [-0.2, 0) is 0 Å². The van der Waals surface area contributed by atoms with Crippen molar-refractivity contribution in [3.05, 3.63) is 81.3 Å². The van der Waals surface area contributed by atoms with E-state index in [4.69, 9.17) is 0 Å². The molecule has 0 aliphatic heterocycles. The fourth-order valence-electron chi connectivity index (χ4n) is 2.97. The third-order valence-electron chi connectivity index (χ3n) is 3.95. The molecule has 0 atom stereocenters. The van der Waals surface area contributed by atoms with Crippen molar-refractivity contribution in [2.45, 2.75) is 0 Å². The molecule has 4 aromatic rings. The second-order valence-corrected chi connectivity index (χ2v) is 6.12. The predicted molar refractivity (Wildman–Crippen MR) is 95.1 cm³/mol. The molecule has 4 rings (SSSR count). The van der Waals surface area contributed by atoms with Crippen molar-refractivity contribution in [1.29, 1.82) is 0 Å². The van der Waals surface area contributed by atoms with Crippen LogP contribution in [-0.4, -0.2) is 9.49 Å². The summed E-state index contributed by atoms with van der Waals surface area (Å²) >= 11 is 3.33. The number of benzene rings is 3. The molecule has 5 heteroatoms. The maximum atomic E-state index is 11.2. The Bertz CT molecular complexity index is 1050. The number of fused-ring (bicyclic) bond motifs is 3. The van der Waals surface area contributed by atoms with Crippen molar-refractivity contribution in [3.8, 4) is 5.69 Å². The van der Waals surface area contributed by atoms with E-state index in [1.54, 1.807) is 6.07 Å². The Morgan fingerprint density at radius 2 is 1.57 bits per heavy atom. The smallest absolute Gasteiger partial charge is 0.284 e. The average Bonchev–Trinajstić information content (AvgIpc) is 2.88. The van der Waals surface area contributed by atoms with Gasteiger partial charge in [-0.3, -0.25) is 10.1 Å². The van der Waals surface area contributed by atoms with Crippen LogP contribution in [0.15, 0.2) is 71.2 Å². The minimum atomic E-state index is -0.363. The lowest BCUT2D eigenvalue weighted by Gasteiger charge is -2.07. The van der Waals surface area contributed by atoms with Crippen molar-refractivity contribution in [1.82, 2.24) is 4.57 Å². The number of hydrogen-bond acceptors (Lipinski definition) is 2. The first-order valence-corrected chi connectivity index (χ1v) is 7.88. The minimum Gasteiger partial charge on any atom is -0.309 e. The molecule has 0 saturated heterocycles. The van der Waals surface area contributed by atoms with E-state index in [-0.39, 0.29) is 10.6 Å². The van der Waals surface area contributed by atoms with Crippen LogP contribution in [0.3, 0.4) is 0 Å². The van der Waals surface area contributed by atoms with Gasteiger partial charge in [0.05, 0.1) is 20.4 Å². The molecule has 0 unspecified atom stereocenters. The van der Waals surface area contributed by atoms with E-state index in [2.05, 4.69) is 20.5 Å². The lowest BCUT2D eigenvalue weighted by molar-refractivity contribution is -0.385. The highest BCUT2D eigenvalue weighted by Crippen LogP contribution is 2.37. The summed E-state index contributed by atoms with van der Waals surface area (Å²) in [5, 5.41) is 13.1. The van der Waals surface area contributed by atoms with Gasteiger partial charge in [-0.15, -0.1) is 0 Å². The number of nitro groups is 1. The number of para-hydroxylation sites is 2. The number of hydrogen-bond donors (Lipinski definition) is 0. The first-order chi connectivity index (χ1) is 11.2. The molecule has 0 aliphatic rings. The lowest BCUT2D eigenvalue weighted by atomic mass is 10.1. The lowest BCUT2D eigenvalue weighted by Crippen LogP contribution is -1.94. The van der Waals surface area contributed by atoms with Crippen molar-refractivity contribution >= 4 is 43.4 Å². The van der Waals surface area contributed by atoms with E-state index >= 15 is 0 Å². The molecule has 0 amide bonds. The Labute approximate surface area is 140 Å². The van der Waals surface area contributed by atoms with Crippen LogP contribution >= 0.6 is 15.9 Å². The van der Waals surface area contributed by atoms with Gasteiger partial charge in [0.1, 0.15) is 0 Å². The third kappa shape index (κ3) is 2.12. The van der Waals surface area contributed by atoms with Crippen LogP contribution in [0.25, 0.3) is 27.5 Å². The van der Waals surface area contributed by atoms with Gasteiger partial charge in [-0.25, -0.2) is 0 Å². The number of aromatic nitrogens is 1. The topological polar surface area (TPSA) is 48.1 Å². The molecule has 1 heterocycles. The van der Waals surface area contributed by atoms with Gasteiger partial charge in [0.15, 0.2) is 0 Å². The first-order valence-electron chi connectivity index (χ1n) is 7.09. The summed E-state index contributed by atoms with van der Waals surface area (Å²) < 4.78 is 2.61. The molecule has 0 saturated carbocycles. The van der Waals surface area contributed by atoms with Crippen LogP contribution < -0.4 is 0 Å². The molecule has 1 aromatic heterocycles. The Balaban J connectivity index is 2.20. The second-order valence-electron chi connectivity index (χ2n) is 5.27. The molecule has 3 aromatic carbocycles. The van der Waals surface area contributed by atoms with Crippen LogP contribution in [0.5, 0.6) is 0 Å². The maximum absolute atomic E-state index is 11.2. The molecule has 0 aliphatic carbocycles. The molecule has 23 heavy (non-hydrogen) atoms. The summed E-state index contributed by atoms with van der Waals surface area (Å²) in [6, 6.07) is 21.4. The number of halogens is 1. The zero-order valence-electron chi connectivity index (χ0n) is 11.9. The Morgan fingerprint density at radius 3 is 2.30 bits per heavy atom. The number of nitro benzene ring substituents is 1. The predicted octanol–water partition coefficient (Wildman–Crippen LogP) is 5.45. The third-order valence-corrected chi connectivity index (χ3v) is 4.59. The summed E-state index contributed by atoms with van der Waals surface area (Å²) in [5.41, 5.74) is 3.07. The van der Waals surface area contributed by atoms with Crippen LogP contribution in [0.1, 0.15) is 0 Å². The second kappa shape index (κ2) is 5.21. The van der Waals surface area contributed by atoms with Gasteiger partial charge in [0, 0.05) is 22.5 Å². The minimum absolute atomic E-state index is 0.0773.